The van der Waals surface area contributed by atoms with Crippen molar-refractivity contribution in [1.29, 1.82) is 0 Å². The molecule has 0 radical (unpaired) electrons. The van der Waals surface area contributed by atoms with Crippen molar-refractivity contribution in [3.05, 3.63) is 24.3 Å². The molecule has 0 aliphatic heterocycles. The molecule has 70 valence electrons. The second-order valence-corrected chi connectivity index (χ2v) is 2.49. The van der Waals surface area contributed by atoms with Gasteiger partial charge in [0.25, 0.3) is 0 Å². The predicted molar refractivity (Wildman–Crippen MR) is 49.3 cm³/mol. The number of aromatic nitrogens is 2. The Kier molecular flexibility index (Phi) is 3.33. The lowest BCUT2D eigenvalue weighted by atomic mass is 10.2. The van der Waals surface area contributed by atoms with Gasteiger partial charge in [0, 0.05) is 19.4 Å². The van der Waals surface area contributed by atoms with Gasteiger partial charge < -0.3 is 10.5 Å². The molecule has 0 aliphatic rings. The largest absolute Gasteiger partial charge is 0.387 e. The molecule has 1 rings (SSSR count). The van der Waals surface area contributed by atoms with Gasteiger partial charge in [-0.3, -0.25) is 9.97 Å². The first-order valence-electron chi connectivity index (χ1n) is 3.94. The Hall–Kier alpha value is -1.49. The molecule has 1 unspecified atom stereocenters. The molecule has 0 aliphatic carbocycles. The van der Waals surface area contributed by atoms with Gasteiger partial charge in [0.05, 0.1) is 12.3 Å². The fraction of sp³-hybridized carbons (Fsp3) is 0.375. The summed E-state index contributed by atoms with van der Waals surface area (Å²) >= 11 is 0. The van der Waals surface area contributed by atoms with E-state index in [-0.39, 0.29) is 0 Å². The van der Waals surface area contributed by atoms with Crippen LogP contribution in [0, 0.1) is 0 Å². The molecule has 0 fully saturated rings. The maximum Gasteiger partial charge on any atom is 0.116 e. The minimum Gasteiger partial charge on any atom is -0.387 e. The maximum atomic E-state index is 9.36. The van der Waals surface area contributed by atoms with Crippen molar-refractivity contribution < 1.29 is 5.11 Å². The van der Waals surface area contributed by atoms with E-state index in [0.717, 1.165) is 0 Å². The van der Waals surface area contributed by atoms with E-state index >= 15 is 0 Å². The van der Waals surface area contributed by atoms with Crippen LogP contribution >= 0.6 is 0 Å². The van der Waals surface area contributed by atoms with Crippen LogP contribution < -0.4 is 5.43 Å². The fourth-order valence-electron chi connectivity index (χ4n) is 0.917. The smallest absolute Gasteiger partial charge is 0.116 e. The molecule has 5 nitrogen and oxygen atoms in total. The average Bonchev–Trinajstić information content (AvgIpc) is 2.15. The van der Waals surface area contributed by atoms with Crippen LogP contribution in [-0.4, -0.2) is 33.9 Å². The van der Waals surface area contributed by atoms with E-state index < -0.39 is 6.10 Å². The zero-order valence-electron chi connectivity index (χ0n) is 7.60. The minimum absolute atomic E-state index is 0.482. The Bertz CT molecular complexity index is 283. The van der Waals surface area contributed by atoms with Gasteiger partial charge in [-0.15, -0.1) is 0 Å². The van der Waals surface area contributed by atoms with Crippen LogP contribution in [0.5, 0.6) is 0 Å². The first-order chi connectivity index (χ1) is 6.25. The lowest BCUT2D eigenvalue weighted by Gasteiger charge is -2.06. The lowest BCUT2D eigenvalue weighted by molar-refractivity contribution is 0.261. The van der Waals surface area contributed by atoms with Crippen LogP contribution in [0.3, 0.4) is 0 Å². The van der Waals surface area contributed by atoms with Gasteiger partial charge in [0.15, 0.2) is 0 Å². The van der Waals surface area contributed by atoms with E-state index in [1.165, 1.54) is 0 Å². The van der Waals surface area contributed by atoms with Gasteiger partial charge in [-0.25, -0.2) is 0 Å². The summed E-state index contributed by atoms with van der Waals surface area (Å²) < 4.78 is 0. The van der Waals surface area contributed by atoms with E-state index in [9.17, 15) is 5.11 Å². The number of hydrogen-bond donors (Lipinski definition) is 2. The molecular weight excluding hydrogens is 168 g/mol. The average molecular weight is 180 g/mol. The number of hydrogen-bond acceptors (Lipinski definition) is 5. The molecule has 0 spiro atoms. The van der Waals surface area contributed by atoms with E-state index in [2.05, 4.69) is 20.5 Å². The van der Waals surface area contributed by atoms with Crippen molar-refractivity contribution in [3.8, 4) is 0 Å². The molecule has 1 aromatic heterocycles. The number of nitrogens with one attached hydrogen (secondary N) is 1. The first-order valence-corrected chi connectivity index (χ1v) is 3.94. The van der Waals surface area contributed by atoms with Gasteiger partial charge in [0.1, 0.15) is 11.4 Å². The van der Waals surface area contributed by atoms with Crippen LogP contribution in [0.25, 0.3) is 0 Å². The van der Waals surface area contributed by atoms with Crippen LogP contribution in [0.4, 0.5) is 0 Å². The SMILES string of the molecule is CN/N=C(/c1cnccn1)C(C)O. The second-order valence-electron chi connectivity index (χ2n) is 2.49. The molecule has 0 saturated carbocycles. The van der Waals surface area contributed by atoms with Gasteiger partial charge in [-0.1, -0.05) is 0 Å². The highest BCUT2D eigenvalue weighted by Crippen LogP contribution is 1.98. The monoisotopic (exact) mass is 180 g/mol. The molecule has 5 heteroatoms. The highest BCUT2D eigenvalue weighted by atomic mass is 16.3. The highest BCUT2D eigenvalue weighted by Gasteiger charge is 2.10. The molecule has 0 amide bonds. The van der Waals surface area contributed by atoms with Gasteiger partial charge in [-0.2, -0.15) is 5.10 Å². The topological polar surface area (TPSA) is 70.4 Å². The zero-order chi connectivity index (χ0) is 9.68. The van der Waals surface area contributed by atoms with Crippen LogP contribution in [0.15, 0.2) is 23.7 Å². The number of hydrazone groups is 1. The summed E-state index contributed by atoms with van der Waals surface area (Å²) in [4.78, 5) is 7.91. The van der Waals surface area contributed by atoms with Crippen molar-refractivity contribution in [2.24, 2.45) is 5.10 Å². The van der Waals surface area contributed by atoms with Crippen molar-refractivity contribution in [2.75, 3.05) is 7.05 Å². The van der Waals surface area contributed by atoms with Gasteiger partial charge >= 0.3 is 0 Å². The fourth-order valence-corrected chi connectivity index (χ4v) is 0.917. The summed E-state index contributed by atoms with van der Waals surface area (Å²) in [5, 5.41) is 13.3. The quantitative estimate of drug-likeness (QED) is 0.498. The molecule has 0 saturated heterocycles. The van der Waals surface area contributed by atoms with E-state index in [4.69, 9.17) is 0 Å². The Morgan fingerprint density at radius 2 is 2.38 bits per heavy atom. The molecule has 2 N–H and O–H groups in total. The third-order valence-corrected chi connectivity index (χ3v) is 1.45. The molecule has 1 heterocycles. The van der Waals surface area contributed by atoms with Crippen molar-refractivity contribution in [1.82, 2.24) is 15.4 Å². The Balaban J connectivity index is 2.96. The summed E-state index contributed by atoms with van der Waals surface area (Å²) in [6.07, 6.45) is 4.03. The van der Waals surface area contributed by atoms with Gasteiger partial charge in [-0.05, 0) is 6.92 Å². The normalized spacial score (nSPS) is 13.9. The summed E-state index contributed by atoms with van der Waals surface area (Å²) in [5.41, 5.74) is 3.67. The summed E-state index contributed by atoms with van der Waals surface area (Å²) in [7, 11) is 1.67. The maximum absolute atomic E-state index is 9.36. The van der Waals surface area contributed by atoms with Crippen molar-refractivity contribution >= 4 is 5.71 Å². The molecule has 1 atom stereocenters. The van der Waals surface area contributed by atoms with Gasteiger partial charge in [0.2, 0.25) is 0 Å². The van der Waals surface area contributed by atoms with Crippen molar-refractivity contribution in [2.45, 2.75) is 13.0 Å². The highest BCUT2D eigenvalue weighted by molar-refractivity contribution is 6.01. The number of nitrogens with zero attached hydrogens (tertiary/aromatic N) is 3. The molecule has 1 aromatic rings. The molecule has 0 aromatic carbocycles. The lowest BCUT2D eigenvalue weighted by Crippen LogP contribution is -2.21. The third-order valence-electron chi connectivity index (χ3n) is 1.45. The van der Waals surface area contributed by atoms with E-state index in [1.54, 1.807) is 32.6 Å². The summed E-state index contributed by atoms with van der Waals surface area (Å²) in [5.74, 6) is 0. The molecular formula is C8H12N4O. The third kappa shape index (κ3) is 2.48. The number of rotatable bonds is 3. The molecule has 13 heavy (non-hydrogen) atoms. The number of aliphatic hydroxyl groups excluding tert-OH is 1. The Labute approximate surface area is 76.5 Å². The standard InChI is InChI=1S/C8H12N4O/c1-6(13)8(12-9-2)7-5-10-3-4-11-7/h3-6,9,13H,1-2H3/b12-8+. The van der Waals surface area contributed by atoms with Crippen molar-refractivity contribution in [3.63, 3.8) is 0 Å². The number of aliphatic hydroxyl groups is 1. The zero-order valence-corrected chi connectivity index (χ0v) is 7.60. The van der Waals surface area contributed by atoms with Crippen LogP contribution in [-0.2, 0) is 0 Å². The van der Waals surface area contributed by atoms with E-state index in [1.807, 2.05) is 0 Å². The Morgan fingerprint density at radius 1 is 1.62 bits per heavy atom. The van der Waals surface area contributed by atoms with Crippen LogP contribution in [0.1, 0.15) is 12.6 Å². The second kappa shape index (κ2) is 4.51. The predicted octanol–water partition coefficient (Wildman–Crippen LogP) is -0.219. The van der Waals surface area contributed by atoms with Crippen LogP contribution in [0.2, 0.25) is 0 Å². The van der Waals surface area contributed by atoms with E-state index in [0.29, 0.717) is 11.4 Å². The minimum atomic E-state index is -0.663. The summed E-state index contributed by atoms with van der Waals surface area (Å²) in [6.45, 7) is 1.63. The Morgan fingerprint density at radius 3 is 2.85 bits per heavy atom. The molecule has 0 bridgehead atoms. The first kappa shape index (κ1) is 9.60. The summed E-state index contributed by atoms with van der Waals surface area (Å²) in [6, 6.07) is 0.